The van der Waals surface area contributed by atoms with Crippen molar-refractivity contribution in [3.05, 3.63) is 107 Å². The van der Waals surface area contributed by atoms with Gasteiger partial charge in [0.2, 0.25) is 0 Å². The molecule has 0 amide bonds. The lowest BCUT2D eigenvalue weighted by Crippen LogP contribution is -2.11. The van der Waals surface area contributed by atoms with Crippen LogP contribution in [0.4, 0.5) is 0 Å². The molecule has 2 atom stereocenters. The van der Waals surface area contributed by atoms with Crippen molar-refractivity contribution in [3.63, 3.8) is 0 Å². The third-order valence-corrected chi connectivity index (χ3v) is 5.88. The van der Waals surface area contributed by atoms with Gasteiger partial charge in [-0.15, -0.1) is 0 Å². The van der Waals surface area contributed by atoms with E-state index in [0.29, 0.717) is 16.9 Å². The van der Waals surface area contributed by atoms with Gasteiger partial charge >= 0.3 is 0 Å². The molecule has 0 aliphatic carbocycles. The molecule has 0 unspecified atom stereocenters. The first-order valence-electron chi connectivity index (χ1n) is 10.7. The van der Waals surface area contributed by atoms with Gasteiger partial charge in [-0.3, -0.25) is 0 Å². The van der Waals surface area contributed by atoms with Gasteiger partial charge in [0.15, 0.2) is 0 Å². The highest BCUT2D eigenvalue weighted by molar-refractivity contribution is 5.75. The summed E-state index contributed by atoms with van der Waals surface area (Å²) in [4.78, 5) is 0. The smallest absolute Gasteiger partial charge is 0.135 e. The quantitative estimate of drug-likeness (QED) is 0.255. The first-order valence-corrected chi connectivity index (χ1v) is 10.7. The molecule has 4 aromatic rings. The number of hydrogen-bond donors (Lipinski definition) is 5. The molecular formula is C28H22O6. The normalized spacial score (nSPS) is 16.9. The van der Waals surface area contributed by atoms with Gasteiger partial charge in [0.05, 0.1) is 5.92 Å². The molecule has 0 bridgehead atoms. The van der Waals surface area contributed by atoms with E-state index < -0.39 is 12.0 Å². The van der Waals surface area contributed by atoms with E-state index in [1.165, 1.54) is 6.07 Å². The second kappa shape index (κ2) is 8.41. The van der Waals surface area contributed by atoms with E-state index in [1.54, 1.807) is 72.8 Å². The lowest BCUT2D eigenvalue weighted by Gasteiger charge is -2.21. The number of phenolic OH excluding ortho intramolecular Hbond substituents is 5. The second-order valence-electron chi connectivity index (χ2n) is 8.26. The van der Waals surface area contributed by atoms with Crippen LogP contribution in [-0.4, -0.2) is 25.5 Å². The minimum atomic E-state index is -0.528. The summed E-state index contributed by atoms with van der Waals surface area (Å²) >= 11 is 0. The van der Waals surface area contributed by atoms with Crippen LogP contribution in [0, 0.1) is 0 Å². The summed E-state index contributed by atoms with van der Waals surface area (Å²) in [6.45, 7) is 0. The zero-order chi connectivity index (χ0) is 23.8. The molecule has 0 aromatic heterocycles. The van der Waals surface area contributed by atoms with Crippen LogP contribution in [0.3, 0.4) is 0 Å². The van der Waals surface area contributed by atoms with Crippen LogP contribution in [0.1, 0.15) is 39.8 Å². The van der Waals surface area contributed by atoms with Crippen LogP contribution in [-0.2, 0) is 0 Å². The molecule has 1 aliphatic heterocycles. The summed E-state index contributed by atoms with van der Waals surface area (Å²) < 4.78 is 6.30. The van der Waals surface area contributed by atoms with Gasteiger partial charge in [0.25, 0.3) is 0 Å². The molecule has 6 nitrogen and oxygen atoms in total. The predicted molar refractivity (Wildman–Crippen MR) is 128 cm³/mol. The number of ether oxygens (including phenoxy) is 1. The van der Waals surface area contributed by atoms with Gasteiger partial charge in [0.1, 0.15) is 40.6 Å². The number of aromatic hydroxyl groups is 5. The Morgan fingerprint density at radius 1 is 0.559 bits per heavy atom. The first kappa shape index (κ1) is 21.3. The number of fused-ring (bicyclic) bond motifs is 1. The summed E-state index contributed by atoms with van der Waals surface area (Å²) in [6, 6.07) is 21.0. The van der Waals surface area contributed by atoms with Crippen LogP contribution < -0.4 is 4.74 Å². The molecule has 0 fully saturated rings. The van der Waals surface area contributed by atoms with Crippen molar-refractivity contribution in [2.24, 2.45) is 0 Å². The van der Waals surface area contributed by atoms with E-state index in [-0.39, 0.29) is 28.7 Å². The van der Waals surface area contributed by atoms with E-state index in [1.807, 2.05) is 12.2 Å². The monoisotopic (exact) mass is 454 g/mol. The molecule has 0 spiro atoms. The zero-order valence-electron chi connectivity index (χ0n) is 18.0. The summed E-state index contributed by atoms with van der Waals surface area (Å²) in [5, 5.41) is 50.0. The summed E-state index contributed by atoms with van der Waals surface area (Å²) in [5.74, 6) is 0.243. The van der Waals surface area contributed by atoms with Crippen molar-refractivity contribution >= 4 is 12.2 Å². The van der Waals surface area contributed by atoms with E-state index in [2.05, 4.69) is 0 Å². The van der Waals surface area contributed by atoms with Gasteiger partial charge in [-0.25, -0.2) is 0 Å². The molecule has 0 saturated carbocycles. The molecule has 1 heterocycles. The van der Waals surface area contributed by atoms with Crippen molar-refractivity contribution < 1.29 is 30.3 Å². The standard InChI is InChI=1S/C28H22O6/c29-20-7-2-16(3-8-20)1-4-18-11-24(33)15-25-26(18)27(19-12-22(31)14-23(32)13-19)28(34-25)17-5-9-21(30)10-6-17/h1-15,27-33H/b4-1-/t27-,28+/m1/s1. The topological polar surface area (TPSA) is 110 Å². The SMILES string of the molecule is Oc1ccc(/C=C\c2cc(O)cc3c2[C@@H](c2cc(O)cc(O)c2)[C@H](c2ccc(O)cc2)O3)cc1. The van der Waals surface area contributed by atoms with Gasteiger partial charge in [-0.2, -0.15) is 0 Å². The minimum absolute atomic E-state index is 0.0352. The summed E-state index contributed by atoms with van der Waals surface area (Å²) in [6.07, 6.45) is 3.18. The lowest BCUT2D eigenvalue weighted by atomic mass is 9.82. The van der Waals surface area contributed by atoms with Crippen molar-refractivity contribution in [2.45, 2.75) is 12.0 Å². The van der Waals surface area contributed by atoms with Crippen LogP contribution in [0.2, 0.25) is 0 Å². The van der Waals surface area contributed by atoms with Crippen molar-refractivity contribution in [3.8, 4) is 34.5 Å². The molecule has 5 rings (SSSR count). The Morgan fingerprint density at radius 2 is 1.15 bits per heavy atom. The molecule has 1 aliphatic rings. The maximum absolute atomic E-state index is 10.4. The number of rotatable bonds is 4. The maximum Gasteiger partial charge on any atom is 0.135 e. The van der Waals surface area contributed by atoms with Gasteiger partial charge in [-0.05, 0) is 64.7 Å². The maximum atomic E-state index is 10.4. The van der Waals surface area contributed by atoms with Crippen LogP contribution in [0.5, 0.6) is 34.5 Å². The van der Waals surface area contributed by atoms with E-state index in [4.69, 9.17) is 4.74 Å². The fourth-order valence-corrected chi connectivity index (χ4v) is 4.39. The van der Waals surface area contributed by atoms with E-state index in [9.17, 15) is 25.5 Å². The zero-order valence-corrected chi connectivity index (χ0v) is 18.0. The Balaban J connectivity index is 1.67. The Bertz CT molecular complexity index is 1350. The van der Waals surface area contributed by atoms with Gasteiger partial charge in [0, 0.05) is 17.7 Å². The highest BCUT2D eigenvalue weighted by Crippen LogP contribution is 2.53. The number of benzene rings is 4. The number of hydrogen-bond acceptors (Lipinski definition) is 6. The molecule has 34 heavy (non-hydrogen) atoms. The van der Waals surface area contributed by atoms with Crippen LogP contribution in [0.25, 0.3) is 12.2 Å². The molecule has 6 heteroatoms. The highest BCUT2D eigenvalue weighted by atomic mass is 16.5. The Hall–Kier alpha value is -4.58. The first-order chi connectivity index (χ1) is 16.4. The van der Waals surface area contributed by atoms with E-state index >= 15 is 0 Å². The Morgan fingerprint density at radius 3 is 1.79 bits per heavy atom. The average molecular weight is 454 g/mol. The summed E-state index contributed by atoms with van der Waals surface area (Å²) in [5.41, 5.74) is 3.78. The van der Waals surface area contributed by atoms with Crippen molar-refractivity contribution in [1.82, 2.24) is 0 Å². The van der Waals surface area contributed by atoms with Gasteiger partial charge < -0.3 is 30.3 Å². The highest BCUT2D eigenvalue weighted by Gasteiger charge is 2.39. The third-order valence-electron chi connectivity index (χ3n) is 5.88. The largest absolute Gasteiger partial charge is 0.508 e. The Labute approximate surface area is 195 Å². The lowest BCUT2D eigenvalue weighted by molar-refractivity contribution is 0.221. The second-order valence-corrected chi connectivity index (χ2v) is 8.26. The molecule has 170 valence electrons. The van der Waals surface area contributed by atoms with Crippen molar-refractivity contribution in [1.29, 1.82) is 0 Å². The molecule has 5 N–H and O–H groups in total. The fourth-order valence-electron chi connectivity index (χ4n) is 4.39. The third kappa shape index (κ3) is 4.09. The average Bonchev–Trinajstić information content (AvgIpc) is 3.17. The van der Waals surface area contributed by atoms with Crippen molar-refractivity contribution in [2.75, 3.05) is 0 Å². The number of phenols is 5. The molecule has 0 saturated heterocycles. The van der Waals surface area contributed by atoms with E-state index in [0.717, 1.165) is 16.7 Å². The van der Waals surface area contributed by atoms with Gasteiger partial charge in [-0.1, -0.05) is 36.4 Å². The molecule has 0 radical (unpaired) electrons. The molecule has 4 aromatic carbocycles. The predicted octanol–water partition coefficient (Wildman–Crippen LogP) is 5.65. The van der Waals surface area contributed by atoms with Crippen LogP contribution in [0.15, 0.2) is 78.9 Å². The Kier molecular flexibility index (Phi) is 5.26. The van der Waals surface area contributed by atoms with Crippen LogP contribution >= 0.6 is 0 Å². The minimum Gasteiger partial charge on any atom is -0.508 e. The molecular weight excluding hydrogens is 432 g/mol. The fraction of sp³-hybridized carbons (Fsp3) is 0.0714. The summed E-state index contributed by atoms with van der Waals surface area (Å²) in [7, 11) is 0.